The van der Waals surface area contributed by atoms with Gasteiger partial charge in [0.05, 0.1) is 24.3 Å². The number of nitrogens with zero attached hydrogens (tertiary/aromatic N) is 1. The Morgan fingerprint density at radius 3 is 2.56 bits per heavy atom. The van der Waals surface area contributed by atoms with Crippen LogP contribution in [0.1, 0.15) is 51.3 Å². The maximum atomic E-state index is 12.0. The minimum atomic E-state index is -0.489. The fourth-order valence-corrected chi connectivity index (χ4v) is 2.43. The second-order valence-corrected chi connectivity index (χ2v) is 6.47. The number of nitrogens with one attached hydrogen (secondary N) is 1. The Balaban J connectivity index is 3.46. The molecule has 25 heavy (non-hydrogen) atoms. The van der Waals surface area contributed by atoms with Gasteiger partial charge in [0.15, 0.2) is 0 Å². The first-order chi connectivity index (χ1) is 11.8. The molecule has 0 aromatic heterocycles. The number of hydrazone groups is 1. The third-order valence-corrected chi connectivity index (χ3v) is 4.02. The van der Waals surface area contributed by atoms with Crippen molar-refractivity contribution in [2.24, 2.45) is 11.0 Å². The van der Waals surface area contributed by atoms with Crippen LogP contribution in [0, 0.1) is 5.92 Å². The molecule has 0 bridgehead atoms. The molecule has 1 aromatic rings. The molecular weight excluding hydrogens is 320 g/mol. The summed E-state index contributed by atoms with van der Waals surface area (Å²) in [6.07, 6.45) is 0.667. The molecule has 0 aliphatic carbocycles. The molecule has 0 saturated carbocycles. The van der Waals surface area contributed by atoms with Crippen LogP contribution in [0.5, 0.6) is 0 Å². The van der Waals surface area contributed by atoms with Crippen molar-refractivity contribution in [3.8, 4) is 0 Å². The monoisotopic (exact) mass is 348 g/mol. The van der Waals surface area contributed by atoms with Crippen molar-refractivity contribution in [3.05, 3.63) is 34.9 Å². The number of carbonyl (C=O) groups excluding carboxylic acids is 2. The number of ether oxygens (including phenoxy) is 2. The van der Waals surface area contributed by atoms with Gasteiger partial charge in [0.2, 0.25) is 6.41 Å². The lowest BCUT2D eigenvalue weighted by atomic mass is 9.88. The Morgan fingerprint density at radius 1 is 1.36 bits per heavy atom. The fourth-order valence-electron chi connectivity index (χ4n) is 2.43. The Labute approximate surface area is 149 Å². The predicted molar refractivity (Wildman–Crippen MR) is 97.4 cm³/mol. The predicted octanol–water partition coefficient (Wildman–Crippen LogP) is 2.78. The third kappa shape index (κ3) is 5.67. The van der Waals surface area contributed by atoms with Crippen LogP contribution < -0.4 is 5.43 Å². The number of esters is 1. The summed E-state index contributed by atoms with van der Waals surface area (Å²) in [5.74, 6) is -0.247. The lowest BCUT2D eigenvalue weighted by molar-refractivity contribution is -0.142. The average Bonchev–Trinajstić information content (AvgIpc) is 2.56. The van der Waals surface area contributed by atoms with Crippen molar-refractivity contribution in [1.29, 1.82) is 0 Å². The zero-order valence-corrected chi connectivity index (χ0v) is 15.9. The molecule has 138 valence electrons. The SMILES string of the molecule is CCOC(=O)Cc1ccc(C(C)(C)OC)cc1/C(=N\NC=O)C(C)C. The first kappa shape index (κ1) is 20.8. The lowest BCUT2D eigenvalue weighted by Gasteiger charge is -2.25. The highest BCUT2D eigenvalue weighted by Gasteiger charge is 2.23. The maximum Gasteiger partial charge on any atom is 0.310 e. The van der Waals surface area contributed by atoms with Gasteiger partial charge in [0, 0.05) is 12.7 Å². The molecule has 0 saturated heterocycles. The number of rotatable bonds is 9. The minimum absolute atomic E-state index is 0.0503. The first-order valence-corrected chi connectivity index (χ1v) is 8.38. The highest BCUT2D eigenvalue weighted by Crippen LogP contribution is 2.27. The van der Waals surface area contributed by atoms with Crippen molar-refractivity contribution in [2.75, 3.05) is 13.7 Å². The van der Waals surface area contributed by atoms with Gasteiger partial charge in [-0.05, 0) is 43.9 Å². The summed E-state index contributed by atoms with van der Waals surface area (Å²) in [4.78, 5) is 22.6. The number of carbonyl (C=O) groups is 2. The molecule has 1 aromatic carbocycles. The maximum absolute atomic E-state index is 12.0. The van der Waals surface area contributed by atoms with Crippen molar-refractivity contribution in [2.45, 2.75) is 46.6 Å². The summed E-state index contributed by atoms with van der Waals surface area (Å²) in [6, 6.07) is 5.79. The molecule has 0 atom stereocenters. The summed E-state index contributed by atoms with van der Waals surface area (Å²) in [5.41, 5.74) is 5.13. The van der Waals surface area contributed by atoms with Gasteiger partial charge in [0.25, 0.3) is 0 Å². The summed E-state index contributed by atoms with van der Waals surface area (Å²) in [7, 11) is 1.65. The van der Waals surface area contributed by atoms with Crippen LogP contribution in [0.3, 0.4) is 0 Å². The quantitative estimate of drug-likeness (QED) is 0.322. The Kier molecular flexibility index (Phi) is 7.77. The van der Waals surface area contributed by atoms with E-state index in [1.165, 1.54) is 0 Å². The van der Waals surface area contributed by atoms with E-state index < -0.39 is 5.60 Å². The topological polar surface area (TPSA) is 77.0 Å². The highest BCUT2D eigenvalue weighted by atomic mass is 16.5. The van der Waals surface area contributed by atoms with Crippen molar-refractivity contribution in [3.63, 3.8) is 0 Å². The second kappa shape index (κ2) is 9.32. The Bertz CT molecular complexity index is 636. The van der Waals surface area contributed by atoms with Gasteiger partial charge in [-0.25, -0.2) is 5.43 Å². The molecule has 1 N–H and O–H groups in total. The van der Waals surface area contributed by atoms with Crippen molar-refractivity contribution in [1.82, 2.24) is 5.43 Å². The van der Waals surface area contributed by atoms with E-state index in [0.29, 0.717) is 18.7 Å². The van der Waals surface area contributed by atoms with Gasteiger partial charge in [-0.3, -0.25) is 9.59 Å². The van der Waals surface area contributed by atoms with E-state index >= 15 is 0 Å². The third-order valence-electron chi connectivity index (χ3n) is 4.02. The van der Waals surface area contributed by atoms with Crippen LogP contribution in [-0.4, -0.2) is 31.8 Å². The van der Waals surface area contributed by atoms with Crippen LogP contribution in [0.25, 0.3) is 0 Å². The molecule has 0 aliphatic rings. The summed E-state index contributed by atoms with van der Waals surface area (Å²) in [5, 5.41) is 4.18. The molecule has 0 fully saturated rings. The van der Waals surface area contributed by atoms with E-state index in [0.717, 1.165) is 16.7 Å². The van der Waals surface area contributed by atoms with E-state index in [1.54, 1.807) is 14.0 Å². The highest BCUT2D eigenvalue weighted by molar-refractivity contribution is 6.04. The Morgan fingerprint density at radius 2 is 2.04 bits per heavy atom. The average molecular weight is 348 g/mol. The van der Waals surface area contributed by atoms with E-state index in [-0.39, 0.29) is 18.3 Å². The molecule has 0 unspecified atom stereocenters. The van der Waals surface area contributed by atoms with E-state index in [9.17, 15) is 9.59 Å². The number of hydrogen-bond acceptors (Lipinski definition) is 5. The molecule has 0 aliphatic heterocycles. The first-order valence-electron chi connectivity index (χ1n) is 8.38. The van der Waals surface area contributed by atoms with E-state index in [1.807, 2.05) is 45.9 Å². The van der Waals surface area contributed by atoms with Crippen LogP contribution in [-0.2, 0) is 31.1 Å². The summed E-state index contributed by atoms with van der Waals surface area (Å²) >= 11 is 0. The van der Waals surface area contributed by atoms with Crippen LogP contribution in [0.15, 0.2) is 23.3 Å². The largest absolute Gasteiger partial charge is 0.466 e. The van der Waals surface area contributed by atoms with E-state index in [2.05, 4.69) is 10.5 Å². The molecule has 1 amide bonds. The summed E-state index contributed by atoms with van der Waals surface area (Å²) in [6.45, 7) is 10.00. The number of benzene rings is 1. The van der Waals surface area contributed by atoms with Crippen LogP contribution in [0.4, 0.5) is 0 Å². The van der Waals surface area contributed by atoms with Crippen molar-refractivity contribution >= 4 is 18.1 Å². The van der Waals surface area contributed by atoms with Gasteiger partial charge in [-0.1, -0.05) is 26.0 Å². The van der Waals surface area contributed by atoms with Crippen molar-refractivity contribution < 1.29 is 19.1 Å². The number of methoxy groups -OCH3 is 1. The fraction of sp³-hybridized carbons (Fsp3) is 0.526. The molecule has 1 rings (SSSR count). The minimum Gasteiger partial charge on any atom is -0.466 e. The molecule has 6 nitrogen and oxygen atoms in total. The molecule has 0 heterocycles. The second-order valence-electron chi connectivity index (χ2n) is 6.47. The van der Waals surface area contributed by atoms with Gasteiger partial charge in [-0.2, -0.15) is 5.10 Å². The smallest absolute Gasteiger partial charge is 0.310 e. The van der Waals surface area contributed by atoms with E-state index in [4.69, 9.17) is 9.47 Å². The van der Waals surface area contributed by atoms with Crippen LogP contribution in [0.2, 0.25) is 0 Å². The van der Waals surface area contributed by atoms with Gasteiger partial charge >= 0.3 is 5.97 Å². The molecule has 0 radical (unpaired) electrons. The van der Waals surface area contributed by atoms with Gasteiger partial charge in [0.1, 0.15) is 0 Å². The zero-order chi connectivity index (χ0) is 19.0. The summed E-state index contributed by atoms with van der Waals surface area (Å²) < 4.78 is 10.6. The zero-order valence-electron chi connectivity index (χ0n) is 15.9. The normalized spacial score (nSPS) is 12.2. The number of hydrogen-bond donors (Lipinski definition) is 1. The Hall–Kier alpha value is -2.21. The molecule has 6 heteroatoms. The lowest BCUT2D eigenvalue weighted by Crippen LogP contribution is -2.23. The standard InChI is InChI=1S/C19H28N2O4/c1-7-25-17(23)10-14-8-9-15(19(4,5)24-6)11-16(14)18(13(2)3)21-20-12-22/h8-9,11-13H,7,10H2,1-6H3,(H,20,22)/b21-18-. The molecule has 0 spiro atoms. The van der Waals surface area contributed by atoms with Gasteiger partial charge in [-0.15, -0.1) is 0 Å². The van der Waals surface area contributed by atoms with Crippen LogP contribution >= 0.6 is 0 Å². The number of amides is 1. The molecular formula is C19H28N2O4. The van der Waals surface area contributed by atoms with Gasteiger partial charge < -0.3 is 9.47 Å².